The van der Waals surface area contributed by atoms with Crippen molar-refractivity contribution in [2.75, 3.05) is 6.61 Å². The molecule has 0 saturated carbocycles. The molecule has 1 atom stereocenters. The molecule has 2 aromatic rings. The van der Waals surface area contributed by atoms with E-state index in [1.807, 2.05) is 16.7 Å². The van der Waals surface area contributed by atoms with Crippen LogP contribution in [0.1, 0.15) is 0 Å². The van der Waals surface area contributed by atoms with E-state index in [0.29, 0.717) is 12.6 Å². The molecule has 0 amide bonds. The van der Waals surface area contributed by atoms with Crippen LogP contribution in [0.15, 0.2) is 30.7 Å². The molecule has 1 aliphatic rings. The number of hydrogen-bond donors (Lipinski definition) is 1. The Bertz CT molecular complexity index is 495. The molecule has 1 aliphatic heterocycles. The van der Waals surface area contributed by atoms with Crippen LogP contribution in [0, 0.1) is 0 Å². The lowest BCUT2D eigenvalue weighted by Gasteiger charge is -2.04. The number of rotatable bonds is 2. The van der Waals surface area contributed by atoms with Crippen molar-refractivity contribution in [3.63, 3.8) is 0 Å². The number of fused-ring (bicyclic) bond motifs is 1. The number of aliphatic hydroxyl groups excluding tert-OH is 1. The summed E-state index contributed by atoms with van der Waals surface area (Å²) < 4.78 is 7.40. The van der Waals surface area contributed by atoms with E-state index in [2.05, 4.69) is 9.97 Å². The fraction of sp³-hybridized carbons (Fsp3) is 0.273. The molecule has 2 aromatic heterocycles. The van der Waals surface area contributed by atoms with Crippen molar-refractivity contribution in [1.82, 2.24) is 14.5 Å². The molecule has 5 heteroatoms. The summed E-state index contributed by atoms with van der Waals surface area (Å²) in [6.45, 7) is 0.645. The van der Waals surface area contributed by atoms with E-state index in [4.69, 9.17) is 9.84 Å². The summed E-state index contributed by atoms with van der Waals surface area (Å²) in [5, 5.41) is 9.04. The first-order valence-corrected chi connectivity index (χ1v) is 5.12. The molecule has 0 saturated heterocycles. The summed E-state index contributed by atoms with van der Waals surface area (Å²) in [5.41, 5.74) is 1.97. The van der Waals surface area contributed by atoms with Crippen LogP contribution in [0.5, 0.6) is 6.01 Å². The van der Waals surface area contributed by atoms with Crippen LogP contribution < -0.4 is 4.74 Å². The van der Waals surface area contributed by atoms with E-state index >= 15 is 0 Å². The molecule has 0 aliphatic carbocycles. The molecule has 1 unspecified atom stereocenters. The fourth-order valence-electron chi connectivity index (χ4n) is 1.86. The molecule has 0 spiro atoms. The van der Waals surface area contributed by atoms with Gasteiger partial charge in [0, 0.05) is 18.0 Å². The van der Waals surface area contributed by atoms with Gasteiger partial charge in [0.25, 0.3) is 6.01 Å². The van der Waals surface area contributed by atoms with E-state index in [1.54, 1.807) is 18.6 Å². The quantitative estimate of drug-likeness (QED) is 0.804. The topological polar surface area (TPSA) is 60.2 Å². The third kappa shape index (κ3) is 1.37. The van der Waals surface area contributed by atoms with Crippen LogP contribution in [-0.2, 0) is 6.54 Å². The third-order valence-electron chi connectivity index (χ3n) is 2.64. The molecule has 82 valence electrons. The summed E-state index contributed by atoms with van der Waals surface area (Å²) in [7, 11) is 0. The van der Waals surface area contributed by atoms with Crippen LogP contribution in [0.25, 0.3) is 11.3 Å². The summed E-state index contributed by atoms with van der Waals surface area (Å²) in [5.74, 6) is 0. The Morgan fingerprint density at radius 1 is 1.50 bits per heavy atom. The van der Waals surface area contributed by atoms with Gasteiger partial charge in [-0.15, -0.1) is 0 Å². The highest BCUT2D eigenvalue weighted by Gasteiger charge is 2.25. The second-order valence-corrected chi connectivity index (χ2v) is 3.70. The average molecular weight is 217 g/mol. The number of hydrogen-bond acceptors (Lipinski definition) is 4. The van der Waals surface area contributed by atoms with Crippen LogP contribution in [0.3, 0.4) is 0 Å². The highest BCUT2D eigenvalue weighted by Crippen LogP contribution is 2.28. The number of aromatic nitrogens is 3. The minimum absolute atomic E-state index is 0.00976. The molecular weight excluding hydrogens is 206 g/mol. The highest BCUT2D eigenvalue weighted by molar-refractivity contribution is 5.58. The van der Waals surface area contributed by atoms with Gasteiger partial charge in [-0.1, -0.05) is 0 Å². The first kappa shape index (κ1) is 9.35. The van der Waals surface area contributed by atoms with E-state index in [9.17, 15) is 0 Å². The standard InChI is InChI=1S/C11H11N3O2/c15-7-9-6-14-10(5-13-11(14)16-9)8-2-1-3-12-4-8/h1-5,9,15H,6-7H2. The van der Waals surface area contributed by atoms with E-state index in [1.165, 1.54) is 0 Å². The van der Waals surface area contributed by atoms with Crippen molar-refractivity contribution in [3.05, 3.63) is 30.7 Å². The molecule has 16 heavy (non-hydrogen) atoms. The summed E-state index contributed by atoms with van der Waals surface area (Å²) in [4.78, 5) is 8.25. The van der Waals surface area contributed by atoms with Crippen molar-refractivity contribution >= 4 is 0 Å². The van der Waals surface area contributed by atoms with E-state index in [0.717, 1.165) is 11.3 Å². The Labute approximate surface area is 92.3 Å². The summed E-state index contributed by atoms with van der Waals surface area (Å²) in [6, 6.07) is 4.43. The smallest absolute Gasteiger partial charge is 0.297 e. The Balaban J connectivity index is 2.00. The van der Waals surface area contributed by atoms with Crippen LogP contribution in [0.2, 0.25) is 0 Å². The minimum Gasteiger partial charge on any atom is -0.457 e. The minimum atomic E-state index is -0.181. The van der Waals surface area contributed by atoms with Crippen molar-refractivity contribution in [2.24, 2.45) is 0 Å². The first-order valence-electron chi connectivity index (χ1n) is 5.12. The summed E-state index contributed by atoms with van der Waals surface area (Å²) in [6.07, 6.45) is 5.10. The highest BCUT2D eigenvalue weighted by atomic mass is 16.5. The number of nitrogens with zero attached hydrogens (tertiary/aromatic N) is 3. The lowest BCUT2D eigenvalue weighted by Crippen LogP contribution is -2.19. The normalized spacial score (nSPS) is 18.2. The zero-order valence-electron chi connectivity index (χ0n) is 8.58. The molecule has 0 radical (unpaired) electrons. The van der Waals surface area contributed by atoms with Crippen molar-refractivity contribution in [3.8, 4) is 17.3 Å². The van der Waals surface area contributed by atoms with Gasteiger partial charge >= 0.3 is 0 Å². The van der Waals surface area contributed by atoms with Gasteiger partial charge in [0.15, 0.2) is 0 Å². The fourth-order valence-corrected chi connectivity index (χ4v) is 1.86. The number of ether oxygens (including phenoxy) is 1. The van der Waals surface area contributed by atoms with Crippen molar-refractivity contribution in [2.45, 2.75) is 12.6 Å². The predicted molar refractivity (Wildman–Crippen MR) is 57.0 cm³/mol. The zero-order valence-corrected chi connectivity index (χ0v) is 8.58. The van der Waals surface area contributed by atoms with Crippen LogP contribution in [-0.4, -0.2) is 32.4 Å². The predicted octanol–water partition coefficient (Wildman–Crippen LogP) is 0.698. The third-order valence-corrected chi connectivity index (χ3v) is 2.64. The molecule has 0 bridgehead atoms. The second kappa shape index (κ2) is 3.61. The molecule has 0 aromatic carbocycles. The van der Waals surface area contributed by atoms with Crippen LogP contribution >= 0.6 is 0 Å². The maximum absolute atomic E-state index is 9.04. The molecule has 3 heterocycles. The molecule has 5 nitrogen and oxygen atoms in total. The van der Waals surface area contributed by atoms with Crippen LogP contribution in [0.4, 0.5) is 0 Å². The molecule has 3 rings (SSSR count). The monoisotopic (exact) mass is 217 g/mol. The van der Waals surface area contributed by atoms with Gasteiger partial charge < -0.3 is 9.84 Å². The van der Waals surface area contributed by atoms with E-state index in [-0.39, 0.29) is 12.7 Å². The number of aliphatic hydroxyl groups is 1. The zero-order chi connectivity index (χ0) is 11.0. The SMILES string of the molecule is OCC1Cn2c(-c3cccnc3)cnc2O1. The molecule has 1 N–H and O–H groups in total. The first-order chi connectivity index (χ1) is 7.88. The molecule has 0 fully saturated rings. The maximum atomic E-state index is 9.04. The Morgan fingerprint density at radius 2 is 2.44 bits per heavy atom. The van der Waals surface area contributed by atoms with Gasteiger partial charge in [0.2, 0.25) is 0 Å². The second-order valence-electron chi connectivity index (χ2n) is 3.70. The maximum Gasteiger partial charge on any atom is 0.297 e. The van der Waals surface area contributed by atoms with Gasteiger partial charge in [0.05, 0.1) is 25.0 Å². The van der Waals surface area contributed by atoms with Gasteiger partial charge in [0.1, 0.15) is 6.10 Å². The van der Waals surface area contributed by atoms with Gasteiger partial charge in [-0.25, -0.2) is 4.98 Å². The summed E-state index contributed by atoms with van der Waals surface area (Å²) >= 11 is 0. The Hall–Kier alpha value is -1.88. The lowest BCUT2D eigenvalue weighted by molar-refractivity contribution is 0.130. The van der Waals surface area contributed by atoms with Crippen molar-refractivity contribution in [1.29, 1.82) is 0 Å². The Morgan fingerprint density at radius 3 is 3.19 bits per heavy atom. The van der Waals surface area contributed by atoms with Gasteiger partial charge in [-0.2, -0.15) is 0 Å². The van der Waals surface area contributed by atoms with Crippen molar-refractivity contribution < 1.29 is 9.84 Å². The average Bonchev–Trinajstić information content (AvgIpc) is 2.88. The number of imidazole rings is 1. The number of pyridine rings is 1. The largest absolute Gasteiger partial charge is 0.457 e. The Kier molecular flexibility index (Phi) is 2.11. The lowest BCUT2D eigenvalue weighted by atomic mass is 10.2. The molecular formula is C11H11N3O2. The van der Waals surface area contributed by atoms with Gasteiger partial charge in [-0.3, -0.25) is 9.55 Å². The van der Waals surface area contributed by atoms with Gasteiger partial charge in [-0.05, 0) is 12.1 Å². The van der Waals surface area contributed by atoms with E-state index < -0.39 is 0 Å².